The highest BCUT2D eigenvalue weighted by molar-refractivity contribution is 8.00. The Morgan fingerprint density at radius 1 is 1.21 bits per heavy atom. The lowest BCUT2D eigenvalue weighted by Crippen LogP contribution is -2.42. The number of hydrogen-bond acceptors (Lipinski definition) is 2. The summed E-state index contributed by atoms with van der Waals surface area (Å²) in [5.41, 5.74) is -0.485. The van der Waals surface area contributed by atoms with E-state index in [4.69, 9.17) is 34.8 Å². The van der Waals surface area contributed by atoms with Crippen LogP contribution in [0.2, 0.25) is 5.02 Å². The third-order valence-electron chi connectivity index (χ3n) is 2.26. The Labute approximate surface area is 133 Å². The van der Waals surface area contributed by atoms with Crippen molar-refractivity contribution in [1.82, 2.24) is 5.32 Å². The van der Waals surface area contributed by atoms with Crippen molar-refractivity contribution in [3.8, 4) is 0 Å². The molecular weight excluding hydrogens is 325 g/mol. The highest BCUT2D eigenvalue weighted by Crippen LogP contribution is 2.29. The van der Waals surface area contributed by atoms with Gasteiger partial charge in [-0.05, 0) is 24.3 Å². The Bertz CT molecular complexity index is 429. The predicted molar refractivity (Wildman–Crippen MR) is 84.2 cm³/mol. The number of carbonyl (C=O) groups is 1. The molecule has 0 aliphatic heterocycles. The van der Waals surface area contributed by atoms with Crippen molar-refractivity contribution < 1.29 is 4.79 Å². The molecule has 0 heterocycles. The first kappa shape index (κ1) is 17.0. The number of rotatable bonds is 4. The molecular formula is C13H16Cl3NOS. The van der Waals surface area contributed by atoms with Crippen molar-refractivity contribution >= 4 is 52.5 Å². The number of benzene rings is 1. The highest BCUT2D eigenvalue weighted by atomic mass is 35.5. The van der Waals surface area contributed by atoms with Crippen LogP contribution in [-0.2, 0) is 4.79 Å². The van der Waals surface area contributed by atoms with Crippen molar-refractivity contribution in [3.63, 3.8) is 0 Å². The van der Waals surface area contributed by atoms with Gasteiger partial charge in [0.1, 0.15) is 10.2 Å². The van der Waals surface area contributed by atoms with E-state index in [1.54, 1.807) is 12.1 Å². The summed E-state index contributed by atoms with van der Waals surface area (Å²) < 4.78 is 0. The molecule has 1 N–H and O–H groups in total. The van der Waals surface area contributed by atoms with E-state index in [9.17, 15) is 4.79 Å². The molecule has 1 atom stereocenters. The van der Waals surface area contributed by atoms with Crippen LogP contribution in [0, 0.1) is 5.41 Å². The Hall–Kier alpha value is -0.0900. The van der Waals surface area contributed by atoms with Crippen molar-refractivity contribution in [2.45, 2.75) is 35.9 Å². The lowest BCUT2D eigenvalue weighted by atomic mass is 9.96. The average molecular weight is 341 g/mol. The second kappa shape index (κ2) is 7.07. The van der Waals surface area contributed by atoms with E-state index in [1.165, 1.54) is 11.8 Å². The molecule has 2 nitrogen and oxygen atoms in total. The summed E-state index contributed by atoms with van der Waals surface area (Å²) in [4.78, 5) is 12.2. The maximum absolute atomic E-state index is 12.0. The lowest BCUT2D eigenvalue weighted by molar-refractivity contribution is -0.128. The second-order valence-electron chi connectivity index (χ2n) is 5.05. The van der Waals surface area contributed by atoms with Crippen molar-refractivity contribution in [2.24, 2.45) is 5.41 Å². The fourth-order valence-corrected chi connectivity index (χ4v) is 2.57. The van der Waals surface area contributed by atoms with Crippen LogP contribution in [0.4, 0.5) is 0 Å². The third kappa shape index (κ3) is 5.82. The Morgan fingerprint density at radius 2 is 1.74 bits per heavy atom. The SMILES string of the molecule is CC(C)(C)C(=O)NC(Sc1ccc(Cl)cc1)C(Cl)Cl. The van der Waals surface area contributed by atoms with Crippen LogP contribution in [0.3, 0.4) is 0 Å². The molecule has 0 aliphatic rings. The van der Waals surface area contributed by atoms with E-state index in [0.717, 1.165) is 4.90 Å². The molecule has 1 rings (SSSR count). The normalized spacial score (nSPS) is 13.4. The number of carbonyl (C=O) groups excluding carboxylic acids is 1. The minimum Gasteiger partial charge on any atom is -0.341 e. The van der Waals surface area contributed by atoms with E-state index in [1.807, 2.05) is 32.9 Å². The number of amides is 1. The largest absolute Gasteiger partial charge is 0.341 e. The number of alkyl halides is 2. The Balaban J connectivity index is 2.74. The second-order valence-corrected chi connectivity index (χ2v) is 7.87. The molecule has 0 radical (unpaired) electrons. The van der Waals surface area contributed by atoms with Gasteiger partial charge in [0.2, 0.25) is 5.91 Å². The zero-order chi connectivity index (χ0) is 14.6. The zero-order valence-corrected chi connectivity index (χ0v) is 14.0. The summed E-state index contributed by atoms with van der Waals surface area (Å²) >= 11 is 19.1. The van der Waals surface area contributed by atoms with Gasteiger partial charge < -0.3 is 5.32 Å². The smallest absolute Gasteiger partial charge is 0.226 e. The number of hydrogen-bond donors (Lipinski definition) is 1. The molecule has 0 saturated carbocycles. The fraction of sp³-hybridized carbons (Fsp3) is 0.462. The predicted octanol–water partition coefficient (Wildman–Crippen LogP) is 4.72. The van der Waals surface area contributed by atoms with Gasteiger partial charge in [0.15, 0.2) is 0 Å². The van der Waals surface area contributed by atoms with Crippen LogP contribution < -0.4 is 5.32 Å². The standard InChI is InChI=1S/C13H16Cl3NOS/c1-13(2,3)12(18)17-11(10(15)16)19-9-6-4-8(14)5-7-9/h4-7,10-11H,1-3H3,(H,17,18). The molecule has 6 heteroatoms. The molecule has 0 bridgehead atoms. The summed E-state index contributed by atoms with van der Waals surface area (Å²) in [6.07, 6.45) is 0. The first-order valence-corrected chi connectivity index (χ1v) is 7.84. The topological polar surface area (TPSA) is 29.1 Å². The van der Waals surface area contributed by atoms with Gasteiger partial charge in [0, 0.05) is 15.3 Å². The van der Waals surface area contributed by atoms with Crippen molar-refractivity contribution in [2.75, 3.05) is 0 Å². The van der Waals surface area contributed by atoms with Gasteiger partial charge in [-0.3, -0.25) is 4.79 Å². The molecule has 0 aromatic heterocycles. The van der Waals surface area contributed by atoms with Crippen LogP contribution in [0.25, 0.3) is 0 Å². The minimum absolute atomic E-state index is 0.0923. The van der Waals surface area contributed by atoms with Gasteiger partial charge >= 0.3 is 0 Å². The summed E-state index contributed by atoms with van der Waals surface area (Å²) in [5.74, 6) is -0.0923. The molecule has 0 spiro atoms. The van der Waals surface area contributed by atoms with E-state index in [2.05, 4.69) is 5.32 Å². The van der Waals surface area contributed by atoms with Crippen molar-refractivity contribution in [1.29, 1.82) is 0 Å². The van der Waals surface area contributed by atoms with Crippen LogP contribution in [-0.4, -0.2) is 16.1 Å². The third-order valence-corrected chi connectivity index (χ3v) is 4.50. The van der Waals surface area contributed by atoms with E-state index >= 15 is 0 Å². The Kier molecular flexibility index (Phi) is 6.31. The Morgan fingerprint density at radius 3 is 2.16 bits per heavy atom. The molecule has 1 aromatic rings. The van der Waals surface area contributed by atoms with Gasteiger partial charge in [-0.1, -0.05) is 44.1 Å². The highest BCUT2D eigenvalue weighted by Gasteiger charge is 2.27. The van der Waals surface area contributed by atoms with Crippen LogP contribution in [0.5, 0.6) is 0 Å². The van der Waals surface area contributed by atoms with Gasteiger partial charge in [0.25, 0.3) is 0 Å². The zero-order valence-electron chi connectivity index (χ0n) is 10.9. The summed E-state index contributed by atoms with van der Waals surface area (Å²) in [6, 6.07) is 7.28. The summed E-state index contributed by atoms with van der Waals surface area (Å²) in [7, 11) is 0. The van der Waals surface area contributed by atoms with Gasteiger partial charge in [-0.2, -0.15) is 0 Å². The molecule has 106 valence electrons. The van der Waals surface area contributed by atoms with Crippen molar-refractivity contribution in [3.05, 3.63) is 29.3 Å². The van der Waals surface area contributed by atoms with Gasteiger partial charge in [0.05, 0.1) is 0 Å². The molecule has 0 saturated heterocycles. The fourth-order valence-electron chi connectivity index (χ4n) is 1.15. The quantitative estimate of drug-likeness (QED) is 0.488. The molecule has 1 amide bonds. The van der Waals surface area contributed by atoms with Crippen LogP contribution in [0.15, 0.2) is 29.2 Å². The maximum atomic E-state index is 12.0. The van der Waals surface area contributed by atoms with Crippen LogP contribution >= 0.6 is 46.6 Å². The average Bonchev–Trinajstić information content (AvgIpc) is 2.29. The van der Waals surface area contributed by atoms with E-state index < -0.39 is 15.6 Å². The number of nitrogens with one attached hydrogen (secondary N) is 1. The molecule has 1 aromatic carbocycles. The number of halogens is 3. The van der Waals surface area contributed by atoms with Gasteiger partial charge in [-0.25, -0.2) is 0 Å². The lowest BCUT2D eigenvalue weighted by Gasteiger charge is -2.24. The molecule has 0 fully saturated rings. The minimum atomic E-state index is -0.702. The first-order valence-electron chi connectivity index (χ1n) is 5.71. The summed E-state index contributed by atoms with van der Waals surface area (Å²) in [5, 5.41) is 3.10. The maximum Gasteiger partial charge on any atom is 0.226 e. The molecule has 19 heavy (non-hydrogen) atoms. The van der Waals surface area contributed by atoms with Gasteiger partial charge in [-0.15, -0.1) is 23.2 Å². The first-order chi connectivity index (χ1) is 8.70. The van der Waals surface area contributed by atoms with E-state index in [0.29, 0.717) is 5.02 Å². The number of thioether (sulfide) groups is 1. The van der Waals surface area contributed by atoms with E-state index in [-0.39, 0.29) is 5.91 Å². The molecule has 1 unspecified atom stereocenters. The van der Waals surface area contributed by atoms with Crippen LogP contribution in [0.1, 0.15) is 20.8 Å². The monoisotopic (exact) mass is 339 g/mol. The summed E-state index contributed by atoms with van der Waals surface area (Å²) in [6.45, 7) is 5.51. The molecule has 0 aliphatic carbocycles.